The Morgan fingerprint density at radius 3 is 2.90 bits per heavy atom. The average molecular weight is 289 g/mol. The van der Waals surface area contributed by atoms with Crippen LogP contribution in [0.1, 0.15) is 24.0 Å². The zero-order chi connectivity index (χ0) is 14.7. The summed E-state index contributed by atoms with van der Waals surface area (Å²) >= 11 is 0. The minimum Gasteiger partial charge on any atom is -0.486 e. The van der Waals surface area contributed by atoms with Crippen molar-refractivity contribution in [3.05, 3.63) is 41.3 Å². The minimum absolute atomic E-state index is 0.268. The van der Waals surface area contributed by atoms with E-state index in [1.54, 1.807) is 0 Å². The molecule has 1 aromatic carbocycles. The molecule has 0 saturated heterocycles. The number of benzene rings is 1. The van der Waals surface area contributed by atoms with Crippen molar-refractivity contribution in [1.82, 2.24) is 5.32 Å². The third-order valence-corrected chi connectivity index (χ3v) is 3.36. The normalized spacial score (nSPS) is 12.7. The van der Waals surface area contributed by atoms with Gasteiger partial charge in [-0.05, 0) is 31.7 Å². The molecule has 1 N–H and O–H groups in total. The van der Waals surface area contributed by atoms with Crippen LogP contribution in [-0.4, -0.2) is 13.3 Å². The number of hydrogen-bond donors (Lipinski definition) is 1. The van der Waals surface area contributed by atoms with E-state index in [1.807, 2.05) is 31.2 Å². The summed E-state index contributed by atoms with van der Waals surface area (Å²) in [6, 6.07) is 7.58. The number of ether oxygens (including phenoxy) is 3. The standard InChI is InChI=1S/C16H19NO4/c1-3-17-8-12-6-14(21-11(12)2)9-18-13-4-5-15-16(7-13)20-10-19-15/h4-7,17H,3,8-10H2,1-2H3. The Bertz CT molecular complexity index is 621. The van der Waals surface area contributed by atoms with Gasteiger partial charge in [0.05, 0.1) is 0 Å². The smallest absolute Gasteiger partial charge is 0.231 e. The molecule has 21 heavy (non-hydrogen) atoms. The van der Waals surface area contributed by atoms with Crippen molar-refractivity contribution < 1.29 is 18.6 Å². The fourth-order valence-electron chi connectivity index (χ4n) is 2.22. The molecule has 3 rings (SSSR count). The highest BCUT2D eigenvalue weighted by Crippen LogP contribution is 2.35. The fourth-order valence-corrected chi connectivity index (χ4v) is 2.22. The zero-order valence-electron chi connectivity index (χ0n) is 12.3. The summed E-state index contributed by atoms with van der Waals surface area (Å²) in [7, 11) is 0. The third-order valence-electron chi connectivity index (χ3n) is 3.36. The van der Waals surface area contributed by atoms with Gasteiger partial charge in [-0.15, -0.1) is 0 Å². The lowest BCUT2D eigenvalue weighted by molar-refractivity contribution is 0.173. The summed E-state index contributed by atoms with van der Waals surface area (Å²) in [6.07, 6.45) is 0. The lowest BCUT2D eigenvalue weighted by Crippen LogP contribution is -2.11. The quantitative estimate of drug-likeness (QED) is 0.886. The number of rotatable bonds is 6. The number of fused-ring (bicyclic) bond motifs is 1. The molecule has 0 amide bonds. The van der Waals surface area contributed by atoms with E-state index in [9.17, 15) is 0 Å². The monoisotopic (exact) mass is 289 g/mol. The molecular formula is C16H19NO4. The first-order valence-corrected chi connectivity index (χ1v) is 7.07. The van der Waals surface area contributed by atoms with Crippen LogP contribution in [0.2, 0.25) is 0 Å². The van der Waals surface area contributed by atoms with Gasteiger partial charge in [-0.3, -0.25) is 0 Å². The molecule has 1 aliphatic rings. The SMILES string of the molecule is CCNCc1cc(COc2ccc3c(c2)OCO3)oc1C. The topological polar surface area (TPSA) is 52.9 Å². The molecule has 5 heteroatoms. The summed E-state index contributed by atoms with van der Waals surface area (Å²) < 4.78 is 22.0. The molecule has 2 aromatic rings. The van der Waals surface area contributed by atoms with Crippen LogP contribution in [0, 0.1) is 6.92 Å². The van der Waals surface area contributed by atoms with Gasteiger partial charge in [0.25, 0.3) is 0 Å². The maximum atomic E-state index is 5.74. The van der Waals surface area contributed by atoms with Gasteiger partial charge in [-0.1, -0.05) is 6.92 Å². The highest BCUT2D eigenvalue weighted by molar-refractivity contribution is 5.46. The van der Waals surface area contributed by atoms with Crippen molar-refractivity contribution >= 4 is 0 Å². The molecule has 0 atom stereocenters. The lowest BCUT2D eigenvalue weighted by Gasteiger charge is -2.04. The summed E-state index contributed by atoms with van der Waals surface area (Å²) in [5, 5.41) is 3.29. The Kier molecular flexibility index (Phi) is 4.01. The molecule has 0 saturated carbocycles. The number of nitrogens with one attached hydrogen (secondary N) is 1. The van der Waals surface area contributed by atoms with Crippen molar-refractivity contribution in [2.45, 2.75) is 27.0 Å². The van der Waals surface area contributed by atoms with E-state index in [-0.39, 0.29) is 6.79 Å². The molecule has 5 nitrogen and oxygen atoms in total. The predicted molar refractivity (Wildman–Crippen MR) is 77.7 cm³/mol. The summed E-state index contributed by atoms with van der Waals surface area (Å²) in [6.45, 7) is 6.47. The first kappa shape index (κ1) is 13.8. The van der Waals surface area contributed by atoms with Crippen LogP contribution in [0.5, 0.6) is 17.2 Å². The van der Waals surface area contributed by atoms with Crippen LogP contribution in [-0.2, 0) is 13.2 Å². The maximum Gasteiger partial charge on any atom is 0.231 e. The van der Waals surface area contributed by atoms with E-state index in [4.69, 9.17) is 18.6 Å². The van der Waals surface area contributed by atoms with Crippen molar-refractivity contribution in [3.63, 3.8) is 0 Å². The van der Waals surface area contributed by atoms with Gasteiger partial charge in [0.15, 0.2) is 11.5 Å². The van der Waals surface area contributed by atoms with Gasteiger partial charge in [-0.2, -0.15) is 0 Å². The van der Waals surface area contributed by atoms with E-state index in [1.165, 1.54) is 5.56 Å². The largest absolute Gasteiger partial charge is 0.486 e. The minimum atomic E-state index is 0.268. The number of hydrogen-bond acceptors (Lipinski definition) is 5. The number of aryl methyl sites for hydroxylation is 1. The molecule has 0 bridgehead atoms. The van der Waals surface area contributed by atoms with Gasteiger partial charge in [0, 0.05) is 18.2 Å². The van der Waals surface area contributed by atoms with Crippen molar-refractivity contribution in [2.75, 3.05) is 13.3 Å². The first-order chi connectivity index (χ1) is 10.3. The maximum absolute atomic E-state index is 5.74. The highest BCUT2D eigenvalue weighted by atomic mass is 16.7. The van der Waals surface area contributed by atoms with E-state index < -0.39 is 0 Å². The fraction of sp³-hybridized carbons (Fsp3) is 0.375. The number of furan rings is 1. The summed E-state index contributed by atoms with van der Waals surface area (Å²) in [5.74, 6) is 3.96. The second kappa shape index (κ2) is 6.10. The Morgan fingerprint density at radius 2 is 2.05 bits per heavy atom. The molecule has 0 radical (unpaired) electrons. The molecule has 2 heterocycles. The molecule has 1 aromatic heterocycles. The molecule has 0 fully saturated rings. The molecule has 0 spiro atoms. The molecule has 112 valence electrons. The third kappa shape index (κ3) is 3.13. The molecule has 1 aliphatic heterocycles. The Balaban J connectivity index is 1.62. The van der Waals surface area contributed by atoms with Crippen LogP contribution in [0.15, 0.2) is 28.7 Å². The van der Waals surface area contributed by atoms with E-state index in [0.29, 0.717) is 6.61 Å². The van der Waals surface area contributed by atoms with Gasteiger partial charge < -0.3 is 23.9 Å². The van der Waals surface area contributed by atoms with Crippen LogP contribution < -0.4 is 19.5 Å². The van der Waals surface area contributed by atoms with Gasteiger partial charge in [-0.25, -0.2) is 0 Å². The van der Waals surface area contributed by atoms with Crippen LogP contribution in [0.25, 0.3) is 0 Å². The van der Waals surface area contributed by atoms with E-state index in [0.717, 1.165) is 41.9 Å². The van der Waals surface area contributed by atoms with Gasteiger partial charge in [0.2, 0.25) is 6.79 Å². The Labute approximate surface area is 123 Å². The van der Waals surface area contributed by atoms with Crippen LogP contribution in [0.3, 0.4) is 0 Å². The molecule has 0 aliphatic carbocycles. The second-order valence-corrected chi connectivity index (χ2v) is 4.88. The van der Waals surface area contributed by atoms with Crippen LogP contribution in [0.4, 0.5) is 0 Å². The predicted octanol–water partition coefficient (Wildman–Crippen LogP) is 3.01. The van der Waals surface area contributed by atoms with Gasteiger partial charge in [0.1, 0.15) is 23.9 Å². The average Bonchev–Trinajstić information content (AvgIpc) is 3.08. The highest BCUT2D eigenvalue weighted by Gasteiger charge is 2.14. The lowest BCUT2D eigenvalue weighted by atomic mass is 10.2. The molecular weight excluding hydrogens is 270 g/mol. The molecule has 0 unspecified atom stereocenters. The van der Waals surface area contributed by atoms with E-state index in [2.05, 4.69) is 12.2 Å². The Morgan fingerprint density at radius 1 is 1.19 bits per heavy atom. The zero-order valence-corrected chi connectivity index (χ0v) is 12.3. The Hall–Kier alpha value is -2.14. The first-order valence-electron chi connectivity index (χ1n) is 7.07. The van der Waals surface area contributed by atoms with Crippen molar-refractivity contribution in [1.29, 1.82) is 0 Å². The van der Waals surface area contributed by atoms with Crippen molar-refractivity contribution in [2.24, 2.45) is 0 Å². The van der Waals surface area contributed by atoms with E-state index >= 15 is 0 Å². The van der Waals surface area contributed by atoms with Crippen LogP contribution >= 0.6 is 0 Å². The summed E-state index contributed by atoms with van der Waals surface area (Å²) in [4.78, 5) is 0. The van der Waals surface area contributed by atoms with Gasteiger partial charge >= 0.3 is 0 Å². The van der Waals surface area contributed by atoms with Crippen molar-refractivity contribution in [3.8, 4) is 17.2 Å². The second-order valence-electron chi connectivity index (χ2n) is 4.88. The summed E-state index contributed by atoms with van der Waals surface area (Å²) in [5.41, 5.74) is 1.17.